The first-order valence-corrected chi connectivity index (χ1v) is 7.24. The Kier molecular flexibility index (Phi) is 4.46. The lowest BCUT2D eigenvalue weighted by Crippen LogP contribution is -2.07. The Morgan fingerprint density at radius 2 is 1.86 bits per heavy atom. The molecule has 0 aliphatic carbocycles. The van der Waals surface area contributed by atoms with Gasteiger partial charge in [0.1, 0.15) is 0 Å². The molecule has 0 N–H and O–H groups in total. The molecule has 5 nitrogen and oxygen atoms in total. The van der Waals surface area contributed by atoms with Gasteiger partial charge in [0, 0.05) is 18.6 Å². The second kappa shape index (κ2) is 6.68. The number of nitro groups is 1. The number of rotatable bonds is 7. The molecule has 1 saturated heterocycles. The normalized spacial score (nSPS) is 17.9. The third-order valence-corrected chi connectivity index (χ3v) is 3.65. The van der Waals surface area contributed by atoms with Crippen molar-refractivity contribution < 1.29 is 14.4 Å². The monoisotopic (exact) mass is 299 g/mol. The summed E-state index contributed by atoms with van der Waals surface area (Å²) < 4.78 is 11.3. The molecule has 1 aliphatic rings. The van der Waals surface area contributed by atoms with Gasteiger partial charge < -0.3 is 9.47 Å². The lowest BCUT2D eigenvalue weighted by molar-refractivity contribution is -0.384. The van der Waals surface area contributed by atoms with Crippen LogP contribution in [0.4, 0.5) is 5.69 Å². The Morgan fingerprint density at radius 3 is 2.45 bits per heavy atom. The number of epoxide rings is 1. The molecule has 1 aliphatic heterocycles. The summed E-state index contributed by atoms with van der Waals surface area (Å²) in [6, 6.07) is 16.5. The van der Waals surface area contributed by atoms with E-state index in [1.807, 2.05) is 30.3 Å². The van der Waals surface area contributed by atoms with Gasteiger partial charge in [-0.05, 0) is 23.3 Å². The van der Waals surface area contributed by atoms with Crippen LogP contribution in [0.3, 0.4) is 0 Å². The summed E-state index contributed by atoms with van der Waals surface area (Å²) in [4.78, 5) is 10.3. The summed E-state index contributed by atoms with van der Waals surface area (Å²) in [5.74, 6) is 0. The van der Waals surface area contributed by atoms with Crippen LogP contribution < -0.4 is 0 Å². The van der Waals surface area contributed by atoms with Gasteiger partial charge in [0.15, 0.2) is 0 Å². The molecule has 0 amide bonds. The largest absolute Gasteiger partial charge is 0.373 e. The van der Waals surface area contributed by atoms with Crippen LogP contribution in [0.1, 0.15) is 23.7 Å². The van der Waals surface area contributed by atoms with E-state index in [0.717, 1.165) is 24.2 Å². The summed E-state index contributed by atoms with van der Waals surface area (Å²) in [5, 5.41) is 10.7. The van der Waals surface area contributed by atoms with E-state index in [9.17, 15) is 10.1 Å². The van der Waals surface area contributed by atoms with E-state index < -0.39 is 4.92 Å². The van der Waals surface area contributed by atoms with Crippen molar-refractivity contribution in [2.24, 2.45) is 0 Å². The average molecular weight is 299 g/mol. The van der Waals surface area contributed by atoms with E-state index in [2.05, 4.69) is 0 Å². The molecule has 2 aromatic carbocycles. The highest BCUT2D eigenvalue weighted by Gasteiger charge is 2.28. The van der Waals surface area contributed by atoms with Crippen LogP contribution in [0.15, 0.2) is 54.6 Å². The molecule has 1 heterocycles. The van der Waals surface area contributed by atoms with E-state index in [1.165, 1.54) is 12.1 Å². The van der Waals surface area contributed by atoms with Gasteiger partial charge in [0.05, 0.1) is 30.3 Å². The van der Waals surface area contributed by atoms with E-state index in [-0.39, 0.29) is 17.9 Å². The van der Waals surface area contributed by atoms with Crippen molar-refractivity contribution in [3.8, 4) is 0 Å². The van der Waals surface area contributed by atoms with Gasteiger partial charge in [-0.25, -0.2) is 0 Å². The summed E-state index contributed by atoms with van der Waals surface area (Å²) in [6.07, 6.45) is 1.09. The molecular weight excluding hydrogens is 282 g/mol. The smallest absolute Gasteiger partial charge is 0.269 e. The lowest BCUT2D eigenvalue weighted by Gasteiger charge is -2.17. The molecule has 3 rings (SSSR count). The van der Waals surface area contributed by atoms with Crippen molar-refractivity contribution in [1.29, 1.82) is 0 Å². The zero-order chi connectivity index (χ0) is 15.4. The van der Waals surface area contributed by atoms with Crippen LogP contribution in [-0.2, 0) is 16.1 Å². The van der Waals surface area contributed by atoms with Crippen molar-refractivity contribution >= 4 is 5.69 Å². The van der Waals surface area contributed by atoms with Crippen molar-refractivity contribution in [2.75, 3.05) is 6.61 Å². The van der Waals surface area contributed by atoms with E-state index in [1.54, 1.807) is 12.1 Å². The van der Waals surface area contributed by atoms with Crippen LogP contribution in [-0.4, -0.2) is 17.6 Å². The number of hydrogen-bond acceptors (Lipinski definition) is 4. The standard InChI is InChI=1S/C17H17NO4/c19-18(20)15-8-6-13(7-9-15)11-22-17(10-16-12-21-16)14-4-2-1-3-5-14/h1-9,16-17H,10-12H2/t16-,17-/m0/s1. The Bertz CT molecular complexity index is 623. The minimum atomic E-state index is -0.401. The van der Waals surface area contributed by atoms with Crippen molar-refractivity contribution in [3.05, 3.63) is 75.8 Å². The highest BCUT2D eigenvalue weighted by Crippen LogP contribution is 2.29. The molecule has 22 heavy (non-hydrogen) atoms. The number of benzene rings is 2. The highest BCUT2D eigenvalue weighted by molar-refractivity contribution is 5.32. The molecule has 2 aromatic rings. The average Bonchev–Trinajstić information content (AvgIpc) is 3.37. The Morgan fingerprint density at radius 1 is 1.18 bits per heavy atom. The topological polar surface area (TPSA) is 64.9 Å². The third kappa shape index (κ3) is 3.90. The fraction of sp³-hybridized carbons (Fsp3) is 0.294. The summed E-state index contributed by atoms with van der Waals surface area (Å²) >= 11 is 0. The van der Waals surface area contributed by atoms with Crippen molar-refractivity contribution in [3.63, 3.8) is 0 Å². The fourth-order valence-corrected chi connectivity index (χ4v) is 2.32. The molecule has 0 radical (unpaired) electrons. The third-order valence-electron chi connectivity index (χ3n) is 3.65. The van der Waals surface area contributed by atoms with Crippen LogP contribution in [0.25, 0.3) is 0 Å². The molecule has 0 unspecified atom stereocenters. The fourth-order valence-electron chi connectivity index (χ4n) is 2.32. The van der Waals surface area contributed by atoms with Crippen LogP contribution in [0.5, 0.6) is 0 Å². The predicted octanol–water partition coefficient (Wildman–Crippen LogP) is 3.64. The van der Waals surface area contributed by atoms with Crippen LogP contribution in [0, 0.1) is 10.1 Å². The van der Waals surface area contributed by atoms with Gasteiger partial charge in [-0.2, -0.15) is 0 Å². The second-order valence-corrected chi connectivity index (χ2v) is 5.32. The quantitative estimate of drug-likeness (QED) is 0.445. The Balaban J connectivity index is 1.64. The SMILES string of the molecule is O=[N+]([O-])c1ccc(CO[C@@H](C[C@H]2CO2)c2ccccc2)cc1. The summed E-state index contributed by atoms with van der Waals surface area (Å²) in [7, 11) is 0. The van der Waals surface area contributed by atoms with E-state index >= 15 is 0 Å². The van der Waals surface area contributed by atoms with E-state index in [4.69, 9.17) is 9.47 Å². The lowest BCUT2D eigenvalue weighted by atomic mass is 10.0. The molecule has 114 valence electrons. The zero-order valence-corrected chi connectivity index (χ0v) is 12.1. The molecule has 1 fully saturated rings. The van der Waals surface area contributed by atoms with Gasteiger partial charge in [-0.1, -0.05) is 30.3 Å². The maximum atomic E-state index is 10.7. The Hall–Kier alpha value is -2.24. The first kappa shape index (κ1) is 14.7. The number of ether oxygens (including phenoxy) is 2. The second-order valence-electron chi connectivity index (χ2n) is 5.32. The molecule has 2 atom stereocenters. The van der Waals surface area contributed by atoms with E-state index in [0.29, 0.717) is 6.61 Å². The Labute approximate surface area is 128 Å². The molecule has 0 saturated carbocycles. The maximum absolute atomic E-state index is 10.7. The van der Waals surface area contributed by atoms with Crippen LogP contribution in [0.2, 0.25) is 0 Å². The van der Waals surface area contributed by atoms with Crippen LogP contribution >= 0.6 is 0 Å². The highest BCUT2D eigenvalue weighted by atomic mass is 16.6. The van der Waals surface area contributed by atoms with Gasteiger partial charge in [-0.15, -0.1) is 0 Å². The number of hydrogen-bond donors (Lipinski definition) is 0. The number of non-ortho nitro benzene ring substituents is 1. The molecular formula is C17H17NO4. The van der Waals surface area contributed by atoms with Gasteiger partial charge in [-0.3, -0.25) is 10.1 Å². The molecule has 0 spiro atoms. The minimum Gasteiger partial charge on any atom is -0.373 e. The molecule has 5 heteroatoms. The summed E-state index contributed by atoms with van der Waals surface area (Å²) in [5.41, 5.74) is 2.14. The first-order chi connectivity index (χ1) is 10.7. The minimum absolute atomic E-state index is 0.0242. The number of nitrogens with zero attached hydrogens (tertiary/aromatic N) is 1. The zero-order valence-electron chi connectivity index (χ0n) is 12.1. The molecule has 0 bridgehead atoms. The van der Waals surface area contributed by atoms with Gasteiger partial charge >= 0.3 is 0 Å². The first-order valence-electron chi connectivity index (χ1n) is 7.24. The molecule has 0 aromatic heterocycles. The maximum Gasteiger partial charge on any atom is 0.269 e. The predicted molar refractivity (Wildman–Crippen MR) is 81.4 cm³/mol. The summed E-state index contributed by atoms with van der Waals surface area (Å²) in [6.45, 7) is 1.22. The van der Waals surface area contributed by atoms with Crippen molar-refractivity contribution in [1.82, 2.24) is 0 Å². The van der Waals surface area contributed by atoms with Gasteiger partial charge in [0.2, 0.25) is 0 Å². The number of nitro benzene ring substituents is 1. The van der Waals surface area contributed by atoms with Gasteiger partial charge in [0.25, 0.3) is 5.69 Å². The van der Waals surface area contributed by atoms with Crippen molar-refractivity contribution in [2.45, 2.75) is 25.2 Å².